The Kier molecular flexibility index (Phi) is 29.1. The van der Waals surface area contributed by atoms with Gasteiger partial charge in [-0.05, 0) is 190 Å². The van der Waals surface area contributed by atoms with Crippen LogP contribution >= 0.6 is 0 Å². The predicted molar refractivity (Wildman–Crippen MR) is 451 cm³/mol. The predicted octanol–water partition coefficient (Wildman–Crippen LogP) is 13.2. The molecule has 8 aliphatic rings. The lowest BCUT2D eigenvalue weighted by Crippen LogP contribution is -2.49. The van der Waals surface area contributed by atoms with Gasteiger partial charge in [0.2, 0.25) is 55.4 Å². The Morgan fingerprint density at radius 3 is 1.22 bits per heavy atom. The molecule has 12 rings (SSSR count). The topological polar surface area (TPSA) is 353 Å². The third-order valence-corrected chi connectivity index (χ3v) is 31.2. The number of carbonyl (C=O) groups excluding carboxylic acids is 8. The molecule has 6 heterocycles. The van der Waals surface area contributed by atoms with Crippen molar-refractivity contribution in [3.63, 3.8) is 0 Å². The summed E-state index contributed by atoms with van der Waals surface area (Å²) < 4.78 is 170. The molecule has 2 aromatic heterocycles. The number of fused-ring (bicyclic) bond motifs is 6. The lowest BCUT2D eigenvalue weighted by molar-refractivity contribution is -0.197. The zero-order valence-electron chi connectivity index (χ0n) is 73.9. The zero-order valence-corrected chi connectivity index (χ0v) is 75.6. The monoisotopic (exact) mass is 1780 g/mol. The first kappa shape index (κ1) is 95.9. The Balaban J connectivity index is 0.000000241. The summed E-state index contributed by atoms with van der Waals surface area (Å²) in [7, 11) is -1.87. The standard InChI is InChI=1S/2C45H61F2N3O11S/c2*1-27-11-9-10-12-29-23-45(29,41(54)49-62(55,56)43(5)15-16-43)24-36(51)35-21-31(60-39-32-14-13-30(58-8)20-34(32)37(25-48-39)59-18-17-57-7)26-50(35)40(53)33(28(2)19-27)22-38(52)61-42(3,4)44(6,46)47/h2*10,12-14,20,25,27-29,31,33,35H,9,11,15-19,21-24,26H2,1-8H3,(H,49,54)/b2*12-10-/t27-,28+,29+,31+,33-,35-,45+;27-,28-,29-,31-,33+,35+,45-/m01/s1. The molecule has 2 saturated heterocycles. The Morgan fingerprint density at radius 1 is 0.524 bits per heavy atom. The van der Waals surface area contributed by atoms with Crippen molar-refractivity contribution in [2.24, 2.45) is 58.2 Å². The van der Waals surface area contributed by atoms with E-state index in [-0.39, 0.29) is 88.4 Å². The highest BCUT2D eigenvalue weighted by Crippen LogP contribution is 2.60. The van der Waals surface area contributed by atoms with E-state index < -0.39 is 183 Å². The second kappa shape index (κ2) is 37.7. The van der Waals surface area contributed by atoms with Gasteiger partial charge in [0.25, 0.3) is 11.8 Å². The summed E-state index contributed by atoms with van der Waals surface area (Å²) in [4.78, 5) is 127. The quantitative estimate of drug-likeness (QED) is 0.0231. The number of benzene rings is 2. The van der Waals surface area contributed by atoms with Gasteiger partial charge >= 0.3 is 11.9 Å². The second-order valence-electron chi connectivity index (χ2n) is 37.3. The van der Waals surface area contributed by atoms with Crippen LogP contribution in [0, 0.1) is 58.2 Å². The van der Waals surface area contributed by atoms with Crippen molar-refractivity contribution in [2.75, 3.05) is 68.0 Å². The van der Waals surface area contributed by atoms with Crippen LogP contribution in [0.4, 0.5) is 17.6 Å². The molecule has 14 atom stereocenters. The Morgan fingerprint density at radius 2 is 0.887 bits per heavy atom. The van der Waals surface area contributed by atoms with Gasteiger partial charge in [-0.15, -0.1) is 0 Å². The van der Waals surface area contributed by atoms with Crippen LogP contribution in [0.25, 0.3) is 21.5 Å². The van der Waals surface area contributed by atoms with Crippen molar-refractivity contribution >= 4 is 88.7 Å². The van der Waals surface area contributed by atoms with Crippen molar-refractivity contribution in [3.8, 4) is 34.8 Å². The summed E-state index contributed by atoms with van der Waals surface area (Å²) in [5.41, 5.74) is -7.06. The number of Topliss-reactive ketones (excluding diaryl/α,β-unsaturated/α-hetero) is 2. The van der Waals surface area contributed by atoms with E-state index in [9.17, 15) is 63.2 Å². The summed E-state index contributed by atoms with van der Waals surface area (Å²) in [6.07, 6.45) is 13.1. The largest absolute Gasteiger partial charge is 0.497 e. The number of ether oxygens (including phenoxy) is 10. The van der Waals surface area contributed by atoms with Crippen LogP contribution < -0.4 is 37.9 Å². The summed E-state index contributed by atoms with van der Waals surface area (Å²) >= 11 is 0. The molecule has 684 valence electrons. The van der Waals surface area contributed by atoms with Crippen LogP contribution in [0.15, 0.2) is 73.1 Å². The van der Waals surface area contributed by atoms with Crippen LogP contribution in [0.1, 0.15) is 199 Å². The zero-order chi connectivity index (χ0) is 90.8. The molecule has 4 aliphatic carbocycles. The number of hydrogen-bond donors (Lipinski definition) is 2. The van der Waals surface area contributed by atoms with Crippen LogP contribution in [0.5, 0.6) is 34.8 Å². The van der Waals surface area contributed by atoms with Gasteiger partial charge in [-0.25, -0.2) is 44.4 Å². The first-order valence-corrected chi connectivity index (χ1v) is 45.9. The summed E-state index contributed by atoms with van der Waals surface area (Å²) in [5.74, 6) is -13.6. The van der Waals surface area contributed by atoms with Crippen LogP contribution in [0.2, 0.25) is 0 Å². The molecule has 0 unspecified atom stereocenters. The minimum Gasteiger partial charge on any atom is -0.497 e. The average molecular weight is 1780 g/mol. The summed E-state index contributed by atoms with van der Waals surface area (Å²) in [6, 6.07) is 8.24. The molecule has 0 bridgehead atoms. The Labute approximate surface area is 723 Å². The van der Waals surface area contributed by atoms with Crippen molar-refractivity contribution in [1.29, 1.82) is 0 Å². The van der Waals surface area contributed by atoms with Gasteiger partial charge in [-0.1, -0.05) is 52.0 Å². The summed E-state index contributed by atoms with van der Waals surface area (Å²) in [5, 5.41) is 2.39. The summed E-state index contributed by atoms with van der Waals surface area (Å²) in [6.45, 7) is 17.6. The minimum absolute atomic E-state index is 0.0123. The van der Waals surface area contributed by atoms with Crippen molar-refractivity contribution in [2.45, 2.75) is 255 Å². The molecule has 124 heavy (non-hydrogen) atoms. The highest BCUT2D eigenvalue weighted by Gasteiger charge is 2.65. The number of carbonyl (C=O) groups is 8. The van der Waals surface area contributed by atoms with Gasteiger partial charge in [0.05, 0.1) is 110 Å². The molecule has 0 radical (unpaired) electrons. The van der Waals surface area contributed by atoms with E-state index >= 15 is 9.59 Å². The Bertz CT molecular complexity index is 4650. The number of amides is 4. The highest BCUT2D eigenvalue weighted by atomic mass is 32.2. The molecule has 6 fully saturated rings. The fraction of sp³-hybridized carbons (Fsp3) is 0.667. The van der Waals surface area contributed by atoms with E-state index in [0.717, 1.165) is 27.7 Å². The van der Waals surface area contributed by atoms with Crippen LogP contribution in [0.3, 0.4) is 0 Å². The number of allylic oxidation sites excluding steroid dienone is 4. The van der Waals surface area contributed by atoms with Gasteiger partial charge in [-0.2, -0.15) is 0 Å². The fourth-order valence-electron chi connectivity index (χ4n) is 17.2. The number of ketones is 2. The lowest BCUT2D eigenvalue weighted by atomic mass is 9.82. The molecule has 34 heteroatoms. The molecular formula is C90H122F4N6O22S2. The average Bonchev–Trinajstić information content (AvgIpc) is 1.57. The van der Waals surface area contributed by atoms with Crippen molar-refractivity contribution in [1.82, 2.24) is 29.2 Å². The number of rotatable bonds is 28. The molecule has 4 aliphatic heterocycles. The molecular weight excluding hydrogens is 1660 g/mol. The number of halogens is 4. The maximum atomic E-state index is 15.0. The molecule has 4 saturated carbocycles. The first-order valence-electron chi connectivity index (χ1n) is 42.9. The number of sulfonamides is 2. The van der Waals surface area contributed by atoms with Gasteiger partial charge in [-0.3, -0.25) is 47.8 Å². The fourth-order valence-corrected chi connectivity index (χ4v) is 19.8. The van der Waals surface area contributed by atoms with Gasteiger partial charge < -0.3 is 57.2 Å². The highest BCUT2D eigenvalue weighted by molar-refractivity contribution is 7.92. The van der Waals surface area contributed by atoms with Crippen molar-refractivity contribution < 1.29 is 120 Å². The van der Waals surface area contributed by atoms with Gasteiger partial charge in [0, 0.05) is 75.3 Å². The van der Waals surface area contributed by atoms with E-state index in [1.54, 1.807) is 64.5 Å². The molecule has 28 nitrogen and oxygen atoms in total. The van der Waals surface area contributed by atoms with Gasteiger partial charge in [0.15, 0.2) is 22.8 Å². The maximum absolute atomic E-state index is 15.0. The third kappa shape index (κ3) is 21.6. The van der Waals surface area contributed by atoms with E-state index in [1.807, 2.05) is 52.0 Å². The van der Waals surface area contributed by atoms with E-state index in [0.29, 0.717) is 136 Å². The Hall–Kier alpha value is -8.76. The normalized spacial score (nSPS) is 28.5. The molecule has 0 spiro atoms. The number of methoxy groups -OCH3 is 4. The SMILES string of the molecule is COCCOc1cnc(O[C@@H]2C[C@H]3C(=O)C[C@]4(C(=O)NS(=O)(=O)C5(C)CC5)C[C@H]4/C=C\CC[C@@H](C)C[C@@H](C)[C@H](CC(=O)OC(C)(C)C(C)(F)F)C(=O)N3C2)c2ccc(OC)cc12.COCCOc1cnc(O[C@@H]2C[C@H]3C(=O)C[C@]4(C(=O)NS(=O)(=O)C5(C)CC5)C[C@H]4/C=C\CC[C@H](C)C[C@@H](C)[C@H](CC(=O)OC(C)(C)C(C)(F)F)C(=O)N3C2)c2ccc(OC)cc12. The number of hydrogen-bond acceptors (Lipinski definition) is 24. The first-order chi connectivity index (χ1) is 58.1. The van der Waals surface area contributed by atoms with Crippen LogP contribution in [-0.2, 0) is 77.4 Å². The molecule has 2 aromatic carbocycles. The van der Waals surface area contributed by atoms with E-state index in [4.69, 9.17) is 47.4 Å². The second-order valence-corrected chi connectivity index (χ2v) is 41.7. The van der Waals surface area contributed by atoms with Crippen molar-refractivity contribution in [3.05, 3.63) is 73.1 Å². The van der Waals surface area contributed by atoms with E-state index in [1.165, 1.54) is 36.4 Å². The maximum Gasteiger partial charge on any atom is 0.307 e. The molecule has 4 aromatic rings. The van der Waals surface area contributed by atoms with Gasteiger partial charge in [0.1, 0.15) is 48.4 Å². The number of esters is 2. The van der Waals surface area contributed by atoms with Crippen LogP contribution in [-0.4, -0.2) is 209 Å². The molecule has 4 amide bonds. The number of aromatic nitrogens is 2. The number of nitrogens with one attached hydrogen (secondary N) is 2. The number of pyridine rings is 2. The number of alkyl halides is 4. The third-order valence-electron chi connectivity index (χ3n) is 26.9. The minimum atomic E-state index is -4.03. The smallest absolute Gasteiger partial charge is 0.307 e. The molecule has 2 N–H and O–H groups in total. The van der Waals surface area contributed by atoms with E-state index in [2.05, 4.69) is 19.4 Å². The lowest BCUT2D eigenvalue weighted by Gasteiger charge is -2.34. The number of nitrogens with zero attached hydrogens (tertiary/aromatic N) is 4.